The fourth-order valence-corrected chi connectivity index (χ4v) is 4.79. The van der Waals surface area contributed by atoms with Crippen LogP contribution in [0.4, 0.5) is 8.78 Å². The number of aromatic nitrogens is 1. The molecule has 0 radical (unpaired) electrons. The molecule has 3 aromatic rings. The SMILES string of the molecule is CC(C)[C@H](N)C(=O)N[C@@H](C)C(=O)NCCCN[C@@H](c1cc(-c2cc(F)ccc2F)cn1Cc1ccccc1)C(C)(C)C.OCCO. The summed E-state index contributed by atoms with van der Waals surface area (Å²) < 4.78 is 30.9. The third kappa shape index (κ3) is 11.9. The number of nitrogens with one attached hydrogen (secondary N) is 3. The van der Waals surface area contributed by atoms with Gasteiger partial charge in [-0.15, -0.1) is 0 Å². The summed E-state index contributed by atoms with van der Waals surface area (Å²) in [5.74, 6) is -1.62. The van der Waals surface area contributed by atoms with Crippen molar-refractivity contribution in [3.8, 4) is 11.1 Å². The number of carbonyl (C=O) groups is 2. The molecule has 2 amide bonds. The Balaban J connectivity index is 0.00000173. The Hall–Kier alpha value is -3.64. The number of nitrogens with two attached hydrogens (primary N) is 1. The number of halogens is 2. The summed E-state index contributed by atoms with van der Waals surface area (Å²) in [5.41, 5.74) is 8.52. The number of amides is 2. The minimum atomic E-state index is -0.694. The zero-order valence-corrected chi connectivity index (χ0v) is 27.8. The molecule has 2 aromatic carbocycles. The standard InChI is InChI=1S/C33H45F2N5O2.C2H6O2/c1-21(2)29(36)32(42)39-22(3)31(41)38-16-10-15-37-30(33(4,5)6)28-17-24(26-18-25(34)13-14-27(26)35)20-40(28)19-23-11-8-7-9-12-23;3-1-2-4/h7-9,11-14,17-18,20-22,29-30,37H,10,15-16,19,36H2,1-6H3,(H,38,41)(H,39,42);3-4H,1-2H2/t22-,29-,30-;/m0./s1. The minimum absolute atomic E-state index is 0.0279. The Kier molecular flexibility index (Phi) is 15.5. The maximum absolute atomic E-state index is 14.8. The van der Waals surface area contributed by atoms with Gasteiger partial charge in [0.15, 0.2) is 0 Å². The summed E-state index contributed by atoms with van der Waals surface area (Å²) in [5, 5.41) is 24.4. The third-order valence-corrected chi connectivity index (χ3v) is 7.40. The van der Waals surface area contributed by atoms with Gasteiger partial charge >= 0.3 is 0 Å². The monoisotopic (exact) mass is 643 g/mol. The first-order valence-corrected chi connectivity index (χ1v) is 15.7. The highest BCUT2D eigenvalue weighted by Crippen LogP contribution is 2.37. The number of hydrogen-bond acceptors (Lipinski definition) is 6. The van der Waals surface area contributed by atoms with Crippen LogP contribution in [0.5, 0.6) is 0 Å². The molecule has 0 aliphatic rings. The molecule has 0 unspecified atom stereocenters. The zero-order chi connectivity index (χ0) is 34.4. The summed E-state index contributed by atoms with van der Waals surface area (Å²) >= 11 is 0. The van der Waals surface area contributed by atoms with Gasteiger partial charge in [0.2, 0.25) is 11.8 Å². The molecule has 3 rings (SSSR count). The molecule has 0 spiro atoms. The van der Waals surface area contributed by atoms with Crippen molar-refractivity contribution in [1.29, 1.82) is 0 Å². The van der Waals surface area contributed by atoms with Gasteiger partial charge in [0, 0.05) is 36.1 Å². The predicted octanol–water partition coefficient (Wildman–Crippen LogP) is 4.12. The van der Waals surface area contributed by atoms with E-state index in [4.69, 9.17) is 15.9 Å². The Morgan fingerprint density at radius 3 is 2.17 bits per heavy atom. The Labute approximate surface area is 271 Å². The Morgan fingerprint density at radius 2 is 1.59 bits per heavy atom. The van der Waals surface area contributed by atoms with Gasteiger partial charge in [-0.25, -0.2) is 8.78 Å². The zero-order valence-electron chi connectivity index (χ0n) is 27.8. The molecule has 46 heavy (non-hydrogen) atoms. The summed E-state index contributed by atoms with van der Waals surface area (Å²) in [4.78, 5) is 24.7. The number of nitrogens with zero attached hydrogens (tertiary/aromatic N) is 1. The van der Waals surface area contributed by atoms with Gasteiger partial charge in [0.05, 0.1) is 25.3 Å². The van der Waals surface area contributed by atoms with E-state index in [0.29, 0.717) is 31.6 Å². The van der Waals surface area contributed by atoms with E-state index >= 15 is 0 Å². The molecule has 0 bridgehead atoms. The van der Waals surface area contributed by atoms with Gasteiger partial charge in [0.25, 0.3) is 0 Å². The fourth-order valence-electron chi connectivity index (χ4n) is 4.79. The van der Waals surface area contributed by atoms with Gasteiger partial charge in [-0.1, -0.05) is 65.0 Å². The van der Waals surface area contributed by atoms with E-state index in [9.17, 15) is 18.4 Å². The number of hydrogen-bond donors (Lipinski definition) is 6. The van der Waals surface area contributed by atoms with E-state index in [1.165, 1.54) is 6.07 Å². The van der Waals surface area contributed by atoms with Crippen molar-refractivity contribution < 1.29 is 28.6 Å². The van der Waals surface area contributed by atoms with Crippen molar-refractivity contribution in [3.05, 3.63) is 83.7 Å². The number of aliphatic hydroxyl groups is 2. The average Bonchev–Trinajstić information content (AvgIpc) is 3.41. The van der Waals surface area contributed by atoms with Crippen LogP contribution < -0.4 is 21.7 Å². The van der Waals surface area contributed by atoms with Gasteiger partial charge < -0.3 is 36.5 Å². The van der Waals surface area contributed by atoms with Crippen molar-refractivity contribution in [2.24, 2.45) is 17.1 Å². The summed E-state index contributed by atoms with van der Waals surface area (Å²) in [6.07, 6.45) is 2.52. The Morgan fingerprint density at radius 1 is 0.935 bits per heavy atom. The van der Waals surface area contributed by atoms with Crippen molar-refractivity contribution in [1.82, 2.24) is 20.5 Å². The highest BCUT2D eigenvalue weighted by Gasteiger charge is 2.29. The number of aliphatic hydroxyl groups excluding tert-OH is 2. The van der Waals surface area contributed by atoms with Crippen LogP contribution in [0, 0.1) is 23.0 Å². The molecule has 1 aromatic heterocycles. The lowest BCUT2D eigenvalue weighted by molar-refractivity contribution is -0.129. The van der Waals surface area contributed by atoms with Crippen LogP contribution in [-0.4, -0.2) is 65.0 Å². The first-order chi connectivity index (χ1) is 21.7. The van der Waals surface area contributed by atoms with E-state index in [0.717, 1.165) is 23.4 Å². The lowest BCUT2D eigenvalue weighted by Gasteiger charge is -2.33. The van der Waals surface area contributed by atoms with E-state index < -0.39 is 23.7 Å². The number of carbonyl (C=O) groups excluding carboxylic acids is 2. The van der Waals surface area contributed by atoms with Gasteiger partial charge in [-0.3, -0.25) is 9.59 Å². The molecule has 3 atom stereocenters. The molecule has 9 nitrogen and oxygen atoms in total. The molecule has 7 N–H and O–H groups in total. The molecule has 0 aliphatic heterocycles. The van der Waals surface area contributed by atoms with E-state index in [1.807, 2.05) is 56.4 Å². The molecular formula is C35H51F2N5O4. The lowest BCUT2D eigenvalue weighted by atomic mass is 9.84. The Bertz CT molecular complexity index is 1370. The number of rotatable bonds is 14. The van der Waals surface area contributed by atoms with Crippen LogP contribution in [0.25, 0.3) is 11.1 Å². The largest absolute Gasteiger partial charge is 0.394 e. The predicted molar refractivity (Wildman–Crippen MR) is 178 cm³/mol. The smallest absolute Gasteiger partial charge is 0.242 e. The maximum atomic E-state index is 14.8. The van der Waals surface area contributed by atoms with E-state index in [-0.39, 0.29) is 48.0 Å². The second kappa shape index (κ2) is 18.5. The third-order valence-electron chi connectivity index (χ3n) is 7.40. The molecule has 254 valence electrons. The number of benzene rings is 2. The molecule has 1 heterocycles. The molecule has 0 fully saturated rings. The summed E-state index contributed by atoms with van der Waals surface area (Å²) in [7, 11) is 0. The van der Waals surface area contributed by atoms with Gasteiger partial charge in [-0.2, -0.15) is 0 Å². The first kappa shape index (κ1) is 38.5. The van der Waals surface area contributed by atoms with Crippen LogP contribution in [-0.2, 0) is 16.1 Å². The highest BCUT2D eigenvalue weighted by molar-refractivity contribution is 5.89. The van der Waals surface area contributed by atoms with Gasteiger partial charge in [0.1, 0.15) is 17.7 Å². The van der Waals surface area contributed by atoms with Crippen LogP contribution in [0.1, 0.15) is 65.3 Å². The quantitative estimate of drug-likeness (QED) is 0.146. The van der Waals surface area contributed by atoms with Gasteiger partial charge in [-0.05, 0) is 61.1 Å². The van der Waals surface area contributed by atoms with Crippen LogP contribution >= 0.6 is 0 Å². The maximum Gasteiger partial charge on any atom is 0.242 e. The topological polar surface area (TPSA) is 142 Å². The van der Waals surface area contributed by atoms with Crippen molar-refractivity contribution in [3.63, 3.8) is 0 Å². The van der Waals surface area contributed by atoms with Crippen LogP contribution in [0.15, 0.2) is 60.8 Å². The second-order valence-electron chi connectivity index (χ2n) is 12.7. The molecule has 0 saturated heterocycles. The molecule has 11 heteroatoms. The van der Waals surface area contributed by atoms with E-state index in [2.05, 4.69) is 41.3 Å². The summed E-state index contributed by atoms with van der Waals surface area (Å²) in [6, 6.07) is 13.9. The van der Waals surface area contributed by atoms with Crippen molar-refractivity contribution in [2.75, 3.05) is 26.3 Å². The van der Waals surface area contributed by atoms with Crippen molar-refractivity contribution in [2.45, 2.75) is 72.6 Å². The minimum Gasteiger partial charge on any atom is -0.394 e. The average molecular weight is 644 g/mol. The highest BCUT2D eigenvalue weighted by atomic mass is 19.1. The molecular weight excluding hydrogens is 592 g/mol. The molecule has 0 saturated carbocycles. The van der Waals surface area contributed by atoms with Crippen LogP contribution in [0.3, 0.4) is 0 Å². The van der Waals surface area contributed by atoms with Crippen molar-refractivity contribution >= 4 is 11.8 Å². The normalized spacial score (nSPS) is 13.4. The second-order valence-corrected chi connectivity index (χ2v) is 12.7. The van der Waals surface area contributed by atoms with E-state index in [1.54, 1.807) is 6.92 Å². The fraction of sp³-hybridized carbons (Fsp3) is 0.486. The summed E-state index contributed by atoms with van der Waals surface area (Å²) in [6.45, 7) is 13.1. The van der Waals surface area contributed by atoms with Crippen LogP contribution in [0.2, 0.25) is 0 Å². The first-order valence-electron chi connectivity index (χ1n) is 15.7. The molecule has 0 aliphatic carbocycles. The lowest BCUT2D eigenvalue weighted by Crippen LogP contribution is -2.51.